The molecule has 2 N–H and O–H groups in total. The third-order valence-electron chi connectivity index (χ3n) is 5.71. The number of fused-ring (bicyclic) bond motifs is 2. The Morgan fingerprint density at radius 1 is 1.16 bits per heavy atom. The van der Waals surface area contributed by atoms with Crippen LogP contribution >= 0.6 is 0 Å². The number of hydrogen-bond acceptors (Lipinski definition) is 4. The van der Waals surface area contributed by atoms with Crippen LogP contribution in [0.25, 0.3) is 33.3 Å². The van der Waals surface area contributed by atoms with E-state index in [0.29, 0.717) is 6.42 Å². The van der Waals surface area contributed by atoms with E-state index < -0.39 is 0 Å². The number of amides is 1. The molecule has 2 aromatic carbocycles. The molecule has 0 aliphatic carbocycles. The number of carbonyl (C=O) groups excluding carboxylic acids is 1. The average Bonchev–Trinajstić information content (AvgIpc) is 3.27. The summed E-state index contributed by atoms with van der Waals surface area (Å²) >= 11 is 0. The number of hydrogen-bond donors (Lipinski definition) is 2. The van der Waals surface area contributed by atoms with Crippen LogP contribution in [-0.4, -0.2) is 31.5 Å². The molecule has 5 rings (SSSR count). The molecular formula is C24H26N6O. The molecule has 0 saturated carbocycles. The molecule has 3 heterocycles. The first-order valence-electron chi connectivity index (χ1n) is 10.6. The summed E-state index contributed by atoms with van der Waals surface area (Å²) in [5, 5.41) is 16.9. The Morgan fingerprint density at radius 2 is 2.00 bits per heavy atom. The van der Waals surface area contributed by atoms with Gasteiger partial charge in [0, 0.05) is 48.3 Å². The van der Waals surface area contributed by atoms with Gasteiger partial charge in [-0.25, -0.2) is 0 Å². The van der Waals surface area contributed by atoms with E-state index in [0.717, 1.165) is 44.7 Å². The minimum Gasteiger partial charge on any atom is -0.380 e. The Balaban J connectivity index is 1.71. The molecule has 0 bridgehead atoms. The smallest absolute Gasteiger partial charge is 0.226 e. The normalized spacial score (nSPS) is 16.2. The first-order valence-corrected chi connectivity index (χ1v) is 10.6. The molecule has 7 heteroatoms. The number of carbonyl (C=O) groups is 1. The van der Waals surface area contributed by atoms with Crippen LogP contribution in [0.1, 0.15) is 33.2 Å². The lowest BCUT2D eigenvalue weighted by atomic mass is 9.99. The number of aromatic nitrogens is 4. The summed E-state index contributed by atoms with van der Waals surface area (Å²) in [5.74, 6) is 0.0309. The lowest BCUT2D eigenvalue weighted by Gasteiger charge is -2.17. The molecular weight excluding hydrogens is 388 g/mol. The van der Waals surface area contributed by atoms with Crippen LogP contribution < -0.4 is 10.6 Å². The first kappa shape index (κ1) is 19.4. The maximum absolute atomic E-state index is 12.2. The van der Waals surface area contributed by atoms with E-state index in [2.05, 4.69) is 58.5 Å². The molecule has 2 aromatic heterocycles. The molecule has 0 unspecified atom stereocenters. The van der Waals surface area contributed by atoms with Gasteiger partial charge in [0.05, 0.1) is 23.1 Å². The zero-order valence-electron chi connectivity index (χ0n) is 18.2. The van der Waals surface area contributed by atoms with Crippen LogP contribution in [0.2, 0.25) is 0 Å². The Labute approximate surface area is 181 Å². The lowest BCUT2D eigenvalue weighted by Crippen LogP contribution is -2.19. The maximum Gasteiger partial charge on any atom is 0.226 e. The van der Waals surface area contributed by atoms with Gasteiger partial charge < -0.3 is 10.6 Å². The molecule has 0 radical (unpaired) electrons. The van der Waals surface area contributed by atoms with Crippen molar-refractivity contribution in [2.75, 3.05) is 10.6 Å². The number of nitrogens with zero attached hydrogens (tertiary/aromatic N) is 4. The van der Waals surface area contributed by atoms with Crippen molar-refractivity contribution in [1.29, 1.82) is 0 Å². The summed E-state index contributed by atoms with van der Waals surface area (Å²) in [6, 6.07) is 12.8. The molecule has 0 spiro atoms. The molecule has 0 fully saturated rings. The highest BCUT2D eigenvalue weighted by molar-refractivity contribution is 6.02. The topological polar surface area (TPSA) is 76.8 Å². The number of aryl methyl sites for hydroxylation is 1. The van der Waals surface area contributed by atoms with E-state index in [-0.39, 0.29) is 18.0 Å². The van der Waals surface area contributed by atoms with E-state index in [1.807, 2.05) is 38.5 Å². The van der Waals surface area contributed by atoms with E-state index >= 15 is 0 Å². The number of anilines is 2. The Morgan fingerprint density at radius 3 is 2.74 bits per heavy atom. The van der Waals surface area contributed by atoms with E-state index in [1.54, 1.807) is 4.68 Å². The fraction of sp³-hybridized carbons (Fsp3) is 0.292. The monoisotopic (exact) mass is 414 g/mol. The van der Waals surface area contributed by atoms with Crippen LogP contribution in [0.3, 0.4) is 0 Å². The second-order valence-corrected chi connectivity index (χ2v) is 8.55. The van der Waals surface area contributed by atoms with E-state index in [4.69, 9.17) is 5.10 Å². The maximum atomic E-state index is 12.2. The van der Waals surface area contributed by atoms with Crippen molar-refractivity contribution in [1.82, 2.24) is 19.6 Å². The van der Waals surface area contributed by atoms with Gasteiger partial charge in [0.25, 0.3) is 0 Å². The van der Waals surface area contributed by atoms with Gasteiger partial charge in [-0.15, -0.1) is 0 Å². The van der Waals surface area contributed by atoms with Crippen LogP contribution in [-0.2, 0) is 11.8 Å². The average molecular weight is 415 g/mol. The summed E-state index contributed by atoms with van der Waals surface area (Å²) < 4.78 is 3.86. The fourth-order valence-electron chi connectivity index (χ4n) is 4.29. The fourth-order valence-corrected chi connectivity index (χ4v) is 4.29. The van der Waals surface area contributed by atoms with Crippen molar-refractivity contribution >= 4 is 28.2 Å². The second-order valence-electron chi connectivity index (χ2n) is 8.55. The minimum absolute atomic E-state index is 0.0309. The Bertz CT molecular complexity index is 1300. The zero-order valence-corrected chi connectivity index (χ0v) is 18.2. The quantitative estimate of drug-likeness (QED) is 0.504. The van der Waals surface area contributed by atoms with Crippen molar-refractivity contribution in [3.8, 4) is 22.4 Å². The highest BCUT2D eigenvalue weighted by atomic mass is 16.1. The van der Waals surface area contributed by atoms with Gasteiger partial charge >= 0.3 is 0 Å². The third kappa shape index (κ3) is 3.36. The summed E-state index contributed by atoms with van der Waals surface area (Å²) in [6.45, 7) is 6.30. The zero-order chi connectivity index (χ0) is 21.7. The van der Waals surface area contributed by atoms with Crippen LogP contribution in [0.5, 0.6) is 0 Å². The summed E-state index contributed by atoms with van der Waals surface area (Å²) in [6.07, 6.45) is 4.29. The Kier molecular flexibility index (Phi) is 4.54. The Hall–Kier alpha value is -3.61. The van der Waals surface area contributed by atoms with Gasteiger partial charge in [0.15, 0.2) is 0 Å². The van der Waals surface area contributed by atoms with Gasteiger partial charge in [0.1, 0.15) is 5.69 Å². The van der Waals surface area contributed by atoms with Gasteiger partial charge in [-0.1, -0.05) is 18.2 Å². The first-order chi connectivity index (χ1) is 14.9. The van der Waals surface area contributed by atoms with Gasteiger partial charge in [-0.3, -0.25) is 14.2 Å². The standard InChI is InChI=1S/C24H26N6O/c1-14(2)30-21-9-8-16(11-19(21)23(28-30)17-12-25-29(4)13-17)18-6-5-7-20-24(18)26-15(3)10-22(31)27-20/h5-9,11-15,26H,10H2,1-4H3,(H,27,31)/t15-/m1/s1. The van der Waals surface area contributed by atoms with Crippen molar-refractivity contribution in [3.05, 3.63) is 48.8 Å². The SMILES string of the molecule is CC(C)n1nc(-c2cnn(C)c2)c2cc(-c3cccc4c3N[C@H](C)CC(=O)N4)ccc21. The molecule has 1 aliphatic rings. The predicted molar refractivity (Wildman–Crippen MR) is 124 cm³/mol. The van der Waals surface area contributed by atoms with Crippen molar-refractivity contribution in [2.45, 2.75) is 39.3 Å². The van der Waals surface area contributed by atoms with Crippen molar-refractivity contribution in [3.63, 3.8) is 0 Å². The number of benzene rings is 2. The lowest BCUT2D eigenvalue weighted by molar-refractivity contribution is -0.116. The molecule has 7 nitrogen and oxygen atoms in total. The summed E-state index contributed by atoms with van der Waals surface area (Å²) in [7, 11) is 1.91. The van der Waals surface area contributed by atoms with Gasteiger partial charge in [-0.2, -0.15) is 10.2 Å². The molecule has 1 atom stereocenters. The molecule has 158 valence electrons. The second kappa shape index (κ2) is 7.27. The van der Waals surface area contributed by atoms with Crippen LogP contribution in [0.4, 0.5) is 11.4 Å². The van der Waals surface area contributed by atoms with Crippen LogP contribution in [0, 0.1) is 0 Å². The van der Waals surface area contributed by atoms with E-state index in [1.165, 1.54) is 0 Å². The summed E-state index contributed by atoms with van der Waals surface area (Å²) in [5.41, 5.74) is 6.92. The number of nitrogens with one attached hydrogen (secondary N) is 2. The largest absolute Gasteiger partial charge is 0.380 e. The molecule has 0 saturated heterocycles. The summed E-state index contributed by atoms with van der Waals surface area (Å²) in [4.78, 5) is 12.2. The van der Waals surface area contributed by atoms with Crippen molar-refractivity contribution < 1.29 is 4.79 Å². The molecule has 1 aliphatic heterocycles. The number of para-hydroxylation sites is 1. The van der Waals surface area contributed by atoms with Gasteiger partial charge in [-0.05, 0) is 44.5 Å². The van der Waals surface area contributed by atoms with E-state index in [9.17, 15) is 4.79 Å². The third-order valence-corrected chi connectivity index (χ3v) is 5.71. The molecule has 4 aromatic rings. The van der Waals surface area contributed by atoms with Gasteiger partial charge in [0.2, 0.25) is 5.91 Å². The van der Waals surface area contributed by atoms with Crippen molar-refractivity contribution in [2.24, 2.45) is 7.05 Å². The minimum atomic E-state index is 0.0309. The highest BCUT2D eigenvalue weighted by Crippen LogP contribution is 2.39. The molecule has 31 heavy (non-hydrogen) atoms. The van der Waals surface area contributed by atoms with Crippen LogP contribution in [0.15, 0.2) is 48.8 Å². The molecule has 1 amide bonds. The highest BCUT2D eigenvalue weighted by Gasteiger charge is 2.22. The number of rotatable bonds is 3. The predicted octanol–water partition coefficient (Wildman–Crippen LogP) is 4.83.